The lowest BCUT2D eigenvalue weighted by Crippen LogP contribution is -2.01. The van der Waals surface area contributed by atoms with Crippen molar-refractivity contribution in [3.05, 3.63) is 47.0 Å². The molecule has 14 heavy (non-hydrogen) atoms. The molecule has 0 aliphatic carbocycles. The van der Waals surface area contributed by atoms with E-state index in [1.165, 1.54) is 0 Å². The lowest BCUT2D eigenvalue weighted by molar-refractivity contribution is -0.118. The van der Waals surface area contributed by atoms with Gasteiger partial charge in [-0.05, 0) is 16.5 Å². The molecule has 1 nitrogen and oxygen atoms in total. The van der Waals surface area contributed by atoms with Gasteiger partial charge in [-0.15, -0.1) is 0 Å². The molecule has 1 aromatic carbocycles. The first kappa shape index (κ1) is 11.2. The van der Waals surface area contributed by atoms with Crippen LogP contribution in [0.3, 0.4) is 0 Å². The van der Waals surface area contributed by atoms with Gasteiger partial charge >= 0.3 is 0 Å². The highest BCUT2D eigenvalue weighted by Gasteiger charge is 2.03. The molecule has 74 valence electrons. The highest BCUT2D eigenvalue weighted by Crippen LogP contribution is 2.11. The van der Waals surface area contributed by atoms with Gasteiger partial charge in [-0.25, -0.2) is 0 Å². The van der Waals surface area contributed by atoms with Crippen molar-refractivity contribution in [1.29, 1.82) is 0 Å². The number of carbonyl (C=O) groups excluding carboxylic acids is 1. The Bertz CT molecular complexity index is 316. The van der Waals surface area contributed by atoms with Gasteiger partial charge in [0.05, 0.1) is 0 Å². The third-order valence-electron chi connectivity index (χ3n) is 1.92. The molecular weight excluding hydrogens is 240 g/mol. The summed E-state index contributed by atoms with van der Waals surface area (Å²) in [5.74, 6) is 0.261. The van der Waals surface area contributed by atoms with E-state index in [9.17, 15) is 4.79 Å². The lowest BCUT2D eigenvalue weighted by atomic mass is 10.1. The Morgan fingerprint density at radius 1 is 1.21 bits per heavy atom. The van der Waals surface area contributed by atoms with Crippen LogP contribution in [0.5, 0.6) is 0 Å². The summed E-state index contributed by atoms with van der Waals surface area (Å²) in [6.07, 6.45) is 1.83. The van der Waals surface area contributed by atoms with Gasteiger partial charge in [-0.1, -0.05) is 52.8 Å². The Morgan fingerprint density at radius 3 is 2.43 bits per heavy atom. The van der Waals surface area contributed by atoms with Gasteiger partial charge in [-0.2, -0.15) is 0 Å². The molecule has 0 radical (unpaired) electrons. The van der Waals surface area contributed by atoms with Gasteiger partial charge in [0.15, 0.2) is 0 Å². The smallest absolute Gasteiger partial charge is 0.137 e. The van der Waals surface area contributed by atoms with E-state index in [4.69, 9.17) is 0 Å². The van der Waals surface area contributed by atoms with Crippen LogP contribution in [0.25, 0.3) is 0 Å². The number of allylic oxidation sites excluding steroid dienone is 1. The van der Waals surface area contributed by atoms with Crippen LogP contribution in [0, 0.1) is 0 Å². The summed E-state index contributed by atoms with van der Waals surface area (Å²) in [7, 11) is 0. The summed E-state index contributed by atoms with van der Waals surface area (Å²) in [6.45, 7) is 3.70. The fraction of sp³-hybridized carbons (Fsp3) is 0.250. The monoisotopic (exact) mass is 252 g/mol. The maximum absolute atomic E-state index is 11.5. The molecule has 2 heteroatoms. The Morgan fingerprint density at radius 2 is 1.86 bits per heavy atom. The van der Waals surface area contributed by atoms with Crippen LogP contribution >= 0.6 is 15.9 Å². The minimum atomic E-state index is 0.261. The molecule has 0 aromatic heterocycles. The maximum Gasteiger partial charge on any atom is 0.137 e. The molecule has 0 bridgehead atoms. The van der Waals surface area contributed by atoms with Gasteiger partial charge in [0.25, 0.3) is 0 Å². The molecule has 0 spiro atoms. The number of carbonyl (C=O) groups is 1. The zero-order valence-electron chi connectivity index (χ0n) is 8.00. The minimum absolute atomic E-state index is 0.261. The molecule has 0 N–H and O–H groups in total. The Hall–Kier alpha value is -0.890. The van der Waals surface area contributed by atoms with Gasteiger partial charge in [0.2, 0.25) is 0 Å². The number of benzene rings is 1. The Labute approximate surface area is 93.0 Å². The zero-order valence-corrected chi connectivity index (χ0v) is 9.59. The van der Waals surface area contributed by atoms with Crippen LogP contribution in [0.2, 0.25) is 0 Å². The van der Waals surface area contributed by atoms with Crippen molar-refractivity contribution in [2.45, 2.75) is 19.3 Å². The van der Waals surface area contributed by atoms with E-state index in [2.05, 4.69) is 22.5 Å². The van der Waals surface area contributed by atoms with Crippen LogP contribution in [-0.2, 0) is 11.2 Å². The normalized spacial score (nSPS) is 9.79. The second kappa shape index (κ2) is 5.76. The third kappa shape index (κ3) is 4.38. The van der Waals surface area contributed by atoms with Crippen molar-refractivity contribution in [1.82, 2.24) is 0 Å². The summed E-state index contributed by atoms with van der Waals surface area (Å²) < 4.78 is 0.888. The number of rotatable bonds is 5. The van der Waals surface area contributed by atoms with E-state index in [-0.39, 0.29) is 5.78 Å². The fourth-order valence-electron chi connectivity index (χ4n) is 1.19. The first-order valence-electron chi connectivity index (χ1n) is 4.57. The molecule has 0 fully saturated rings. The number of hydrogen-bond acceptors (Lipinski definition) is 1. The van der Waals surface area contributed by atoms with Crippen LogP contribution in [0.4, 0.5) is 0 Å². The molecule has 1 rings (SSSR count). The van der Waals surface area contributed by atoms with E-state index < -0.39 is 0 Å². The SMILES string of the molecule is C=C(Br)CCC(=O)Cc1ccccc1. The second-order valence-electron chi connectivity index (χ2n) is 3.22. The van der Waals surface area contributed by atoms with Crippen LogP contribution in [0.15, 0.2) is 41.4 Å². The van der Waals surface area contributed by atoms with Crippen molar-refractivity contribution in [3.63, 3.8) is 0 Å². The summed E-state index contributed by atoms with van der Waals surface area (Å²) >= 11 is 3.24. The highest BCUT2D eigenvalue weighted by atomic mass is 79.9. The van der Waals surface area contributed by atoms with Crippen molar-refractivity contribution in [3.8, 4) is 0 Å². The van der Waals surface area contributed by atoms with E-state index in [0.717, 1.165) is 16.5 Å². The summed E-state index contributed by atoms with van der Waals surface area (Å²) in [6, 6.07) is 9.80. The highest BCUT2D eigenvalue weighted by molar-refractivity contribution is 9.11. The largest absolute Gasteiger partial charge is 0.299 e. The molecule has 0 saturated heterocycles. The summed E-state index contributed by atoms with van der Waals surface area (Å²) in [4.78, 5) is 11.5. The van der Waals surface area contributed by atoms with Crippen LogP contribution in [0.1, 0.15) is 18.4 Å². The molecule has 0 aliphatic rings. The first-order chi connectivity index (χ1) is 6.68. The standard InChI is InChI=1S/C12H13BrO/c1-10(13)7-8-12(14)9-11-5-3-2-4-6-11/h2-6H,1,7-9H2. The predicted octanol–water partition coefficient (Wildman–Crippen LogP) is 3.49. The second-order valence-corrected chi connectivity index (χ2v) is 4.34. The lowest BCUT2D eigenvalue weighted by Gasteiger charge is -2.00. The maximum atomic E-state index is 11.5. The number of Topliss-reactive ketones (excluding diaryl/α,β-unsaturated/α-hetero) is 1. The number of hydrogen-bond donors (Lipinski definition) is 0. The molecule has 1 aromatic rings. The van der Waals surface area contributed by atoms with Crippen molar-refractivity contribution < 1.29 is 4.79 Å². The molecular formula is C12H13BrO. The van der Waals surface area contributed by atoms with Gasteiger partial charge < -0.3 is 0 Å². The number of ketones is 1. The average Bonchev–Trinajstić information content (AvgIpc) is 2.16. The summed E-state index contributed by atoms with van der Waals surface area (Å²) in [5.41, 5.74) is 1.08. The van der Waals surface area contributed by atoms with Crippen LogP contribution < -0.4 is 0 Å². The molecule has 0 aliphatic heterocycles. The van der Waals surface area contributed by atoms with Crippen molar-refractivity contribution >= 4 is 21.7 Å². The quantitative estimate of drug-likeness (QED) is 0.785. The molecule has 0 atom stereocenters. The fourth-order valence-corrected chi connectivity index (χ4v) is 1.39. The average molecular weight is 253 g/mol. The Balaban J connectivity index is 2.38. The predicted molar refractivity (Wildman–Crippen MR) is 62.5 cm³/mol. The molecule has 0 amide bonds. The summed E-state index contributed by atoms with van der Waals surface area (Å²) in [5, 5.41) is 0. The van der Waals surface area contributed by atoms with Gasteiger partial charge in [0, 0.05) is 12.8 Å². The van der Waals surface area contributed by atoms with Gasteiger partial charge in [-0.3, -0.25) is 4.79 Å². The Kier molecular flexibility index (Phi) is 4.60. The van der Waals surface area contributed by atoms with E-state index in [0.29, 0.717) is 12.8 Å². The van der Waals surface area contributed by atoms with Crippen molar-refractivity contribution in [2.75, 3.05) is 0 Å². The molecule has 0 saturated carbocycles. The van der Waals surface area contributed by atoms with E-state index in [1.807, 2.05) is 30.3 Å². The minimum Gasteiger partial charge on any atom is -0.299 e. The topological polar surface area (TPSA) is 17.1 Å². The zero-order chi connectivity index (χ0) is 10.4. The van der Waals surface area contributed by atoms with Gasteiger partial charge in [0.1, 0.15) is 5.78 Å². The number of halogens is 1. The first-order valence-corrected chi connectivity index (χ1v) is 5.36. The van der Waals surface area contributed by atoms with E-state index >= 15 is 0 Å². The molecule has 0 unspecified atom stereocenters. The molecule has 0 heterocycles. The van der Waals surface area contributed by atoms with Crippen LogP contribution in [-0.4, -0.2) is 5.78 Å². The van der Waals surface area contributed by atoms with Crippen molar-refractivity contribution in [2.24, 2.45) is 0 Å². The third-order valence-corrected chi connectivity index (χ3v) is 2.32. The van der Waals surface area contributed by atoms with E-state index in [1.54, 1.807) is 0 Å².